The topological polar surface area (TPSA) is 130 Å². The van der Waals surface area contributed by atoms with E-state index in [9.17, 15) is 27.9 Å². The Bertz CT molecular complexity index is 860. The molecule has 13 heteroatoms. The first kappa shape index (κ1) is 17.4. The lowest BCUT2D eigenvalue weighted by atomic mass is 10.0. The number of nitrogens with one attached hydrogen (secondary N) is 2. The Morgan fingerprint density at radius 2 is 2.16 bits per heavy atom. The summed E-state index contributed by atoms with van der Waals surface area (Å²) in [6.45, 7) is 0. The van der Waals surface area contributed by atoms with E-state index in [0.717, 1.165) is 6.07 Å². The molecule has 0 radical (unpaired) electrons. The fourth-order valence-electron chi connectivity index (χ4n) is 2.34. The Labute approximate surface area is 137 Å². The third-order valence-electron chi connectivity index (χ3n) is 3.40. The standard InChI is InChI=1S/C12H10F3N4O5P/c13-12(14,15)7-4-9(19(20)21)8(18-10-5-25(22,23)24-10)3-6(7)11-16-1-2-17-11/h1-4,10,18H,5H2,(H,16,17)(H,22,23). The molecular weight excluding hydrogens is 368 g/mol. The number of nitro benzene ring substituents is 1. The maximum absolute atomic E-state index is 13.3. The second-order valence-electron chi connectivity index (χ2n) is 5.17. The van der Waals surface area contributed by atoms with Gasteiger partial charge in [-0.25, -0.2) is 4.98 Å². The number of aromatic amines is 1. The van der Waals surface area contributed by atoms with Crippen LogP contribution >= 0.6 is 7.60 Å². The molecule has 0 spiro atoms. The van der Waals surface area contributed by atoms with Crippen molar-refractivity contribution in [1.29, 1.82) is 0 Å². The average molecular weight is 378 g/mol. The number of hydrogen-bond acceptors (Lipinski definition) is 6. The lowest BCUT2D eigenvalue weighted by Crippen LogP contribution is -2.35. The summed E-state index contributed by atoms with van der Waals surface area (Å²) in [5.41, 5.74) is -2.76. The van der Waals surface area contributed by atoms with Gasteiger partial charge in [0.2, 0.25) is 0 Å². The number of imidazole rings is 1. The van der Waals surface area contributed by atoms with Crippen molar-refractivity contribution in [2.45, 2.75) is 12.4 Å². The lowest BCUT2D eigenvalue weighted by Gasteiger charge is -2.32. The maximum atomic E-state index is 13.3. The number of anilines is 1. The summed E-state index contributed by atoms with van der Waals surface area (Å²) in [7, 11) is -3.73. The van der Waals surface area contributed by atoms with E-state index in [0.29, 0.717) is 6.07 Å². The van der Waals surface area contributed by atoms with E-state index >= 15 is 0 Å². The molecule has 1 aliphatic heterocycles. The second kappa shape index (κ2) is 5.83. The fraction of sp³-hybridized carbons (Fsp3) is 0.250. The number of nitro groups is 1. The first-order valence-electron chi connectivity index (χ1n) is 6.73. The second-order valence-corrected chi connectivity index (χ2v) is 7.02. The summed E-state index contributed by atoms with van der Waals surface area (Å²) in [5, 5.41) is 13.6. The number of rotatable bonds is 4. The number of nitrogens with zero attached hydrogens (tertiary/aromatic N) is 2. The number of halogens is 3. The van der Waals surface area contributed by atoms with Crippen molar-refractivity contribution in [2.24, 2.45) is 0 Å². The van der Waals surface area contributed by atoms with E-state index in [1.54, 1.807) is 0 Å². The number of hydrogen-bond donors (Lipinski definition) is 3. The first-order chi connectivity index (χ1) is 11.6. The molecule has 2 aromatic rings. The van der Waals surface area contributed by atoms with Gasteiger partial charge in [-0.1, -0.05) is 0 Å². The predicted molar refractivity (Wildman–Crippen MR) is 78.9 cm³/mol. The van der Waals surface area contributed by atoms with Gasteiger partial charge in [0, 0.05) is 24.0 Å². The molecule has 3 rings (SSSR count). The summed E-state index contributed by atoms with van der Waals surface area (Å²) in [6.07, 6.45) is -3.64. The summed E-state index contributed by atoms with van der Waals surface area (Å²) in [5.74, 6) is -0.132. The minimum atomic E-state index is -4.85. The van der Waals surface area contributed by atoms with Crippen LogP contribution in [0.15, 0.2) is 24.5 Å². The van der Waals surface area contributed by atoms with Crippen molar-refractivity contribution in [2.75, 3.05) is 11.5 Å². The van der Waals surface area contributed by atoms with Crippen molar-refractivity contribution in [1.82, 2.24) is 9.97 Å². The van der Waals surface area contributed by atoms with Crippen LogP contribution in [0.4, 0.5) is 24.5 Å². The van der Waals surface area contributed by atoms with Gasteiger partial charge in [0.15, 0.2) is 0 Å². The van der Waals surface area contributed by atoms with Crippen LogP contribution in [0.2, 0.25) is 0 Å². The van der Waals surface area contributed by atoms with Gasteiger partial charge in [-0.05, 0) is 6.07 Å². The monoisotopic (exact) mass is 378 g/mol. The van der Waals surface area contributed by atoms with Crippen LogP contribution in [-0.2, 0) is 15.3 Å². The third-order valence-corrected chi connectivity index (χ3v) is 4.77. The molecule has 1 saturated heterocycles. The van der Waals surface area contributed by atoms with Gasteiger partial charge in [0.25, 0.3) is 5.69 Å². The number of benzene rings is 1. The molecule has 1 aliphatic rings. The van der Waals surface area contributed by atoms with Crippen LogP contribution in [0, 0.1) is 10.1 Å². The van der Waals surface area contributed by atoms with Gasteiger partial charge in [-0.3, -0.25) is 19.2 Å². The summed E-state index contributed by atoms with van der Waals surface area (Å²) >= 11 is 0. The van der Waals surface area contributed by atoms with Crippen LogP contribution in [0.3, 0.4) is 0 Å². The van der Waals surface area contributed by atoms with Gasteiger partial charge >= 0.3 is 13.8 Å². The predicted octanol–water partition coefficient (Wildman–Crippen LogP) is 2.96. The van der Waals surface area contributed by atoms with E-state index in [4.69, 9.17) is 4.89 Å². The highest BCUT2D eigenvalue weighted by atomic mass is 31.2. The van der Waals surface area contributed by atoms with Crippen molar-refractivity contribution in [3.05, 3.63) is 40.2 Å². The molecule has 25 heavy (non-hydrogen) atoms. The molecule has 0 saturated carbocycles. The van der Waals surface area contributed by atoms with Crippen molar-refractivity contribution >= 4 is 19.0 Å². The molecule has 0 aliphatic carbocycles. The Kier molecular flexibility index (Phi) is 4.06. The Morgan fingerprint density at radius 1 is 1.48 bits per heavy atom. The zero-order chi connectivity index (χ0) is 18.4. The van der Waals surface area contributed by atoms with Crippen LogP contribution in [0.1, 0.15) is 5.56 Å². The normalized spacial score (nSPS) is 23.1. The number of aromatic nitrogens is 2. The van der Waals surface area contributed by atoms with Crippen molar-refractivity contribution in [3.8, 4) is 11.4 Å². The van der Waals surface area contributed by atoms with E-state index in [1.165, 1.54) is 12.4 Å². The molecule has 134 valence electrons. The van der Waals surface area contributed by atoms with E-state index in [2.05, 4.69) is 19.8 Å². The highest BCUT2D eigenvalue weighted by Gasteiger charge is 2.42. The largest absolute Gasteiger partial charge is 0.417 e. The molecular formula is C12H10F3N4O5P. The molecule has 1 aromatic carbocycles. The zero-order valence-corrected chi connectivity index (χ0v) is 13.0. The Balaban J connectivity index is 2.09. The third kappa shape index (κ3) is 3.50. The maximum Gasteiger partial charge on any atom is 0.417 e. The van der Waals surface area contributed by atoms with Gasteiger partial charge in [0.05, 0.1) is 16.6 Å². The first-order valence-corrected chi connectivity index (χ1v) is 8.49. The van der Waals surface area contributed by atoms with E-state index in [-0.39, 0.29) is 17.7 Å². The van der Waals surface area contributed by atoms with Gasteiger partial charge in [0.1, 0.15) is 17.7 Å². The number of H-pyrrole nitrogens is 1. The van der Waals surface area contributed by atoms with Gasteiger partial charge < -0.3 is 15.2 Å². The molecule has 0 amide bonds. The zero-order valence-electron chi connectivity index (χ0n) is 12.1. The van der Waals surface area contributed by atoms with Gasteiger partial charge in [-0.15, -0.1) is 0 Å². The molecule has 9 nitrogen and oxygen atoms in total. The fourth-order valence-corrected chi connectivity index (χ4v) is 3.29. The van der Waals surface area contributed by atoms with Gasteiger partial charge in [-0.2, -0.15) is 13.2 Å². The minimum absolute atomic E-state index is 0.132. The highest BCUT2D eigenvalue weighted by molar-refractivity contribution is 7.54. The number of alkyl halides is 3. The molecule has 2 atom stereocenters. The van der Waals surface area contributed by atoms with Crippen LogP contribution in [0.25, 0.3) is 11.4 Å². The average Bonchev–Trinajstić information content (AvgIpc) is 2.97. The Morgan fingerprint density at radius 3 is 2.64 bits per heavy atom. The molecule has 2 heterocycles. The molecule has 2 unspecified atom stereocenters. The molecule has 3 N–H and O–H groups in total. The summed E-state index contributed by atoms with van der Waals surface area (Å²) in [6, 6.07) is 1.29. The smallest absolute Gasteiger partial charge is 0.354 e. The van der Waals surface area contributed by atoms with Crippen molar-refractivity contribution < 1.29 is 32.1 Å². The minimum Gasteiger partial charge on any atom is -0.354 e. The van der Waals surface area contributed by atoms with E-state index < -0.39 is 41.7 Å². The van der Waals surface area contributed by atoms with Crippen LogP contribution < -0.4 is 5.32 Å². The molecule has 1 aromatic heterocycles. The molecule has 1 fully saturated rings. The molecule has 0 bridgehead atoms. The van der Waals surface area contributed by atoms with Crippen LogP contribution in [-0.4, -0.2) is 32.2 Å². The lowest BCUT2D eigenvalue weighted by molar-refractivity contribution is -0.384. The Hall–Kier alpha value is -2.43. The SMILES string of the molecule is O=[N+]([O-])c1cc(C(F)(F)F)c(-c2ncc[nH]2)cc1NC1CP(=O)(O)O1. The summed E-state index contributed by atoms with van der Waals surface area (Å²) in [4.78, 5) is 25.5. The highest BCUT2D eigenvalue weighted by Crippen LogP contribution is 2.54. The van der Waals surface area contributed by atoms with Crippen molar-refractivity contribution in [3.63, 3.8) is 0 Å². The summed E-state index contributed by atoms with van der Waals surface area (Å²) < 4.78 is 55.6. The quantitative estimate of drug-likeness (QED) is 0.424. The van der Waals surface area contributed by atoms with Crippen LogP contribution in [0.5, 0.6) is 0 Å². The van der Waals surface area contributed by atoms with E-state index in [1.807, 2.05) is 0 Å².